The van der Waals surface area contributed by atoms with Gasteiger partial charge in [-0.3, -0.25) is 14.5 Å². The molecule has 0 aromatic heterocycles. The highest BCUT2D eigenvalue weighted by Gasteiger charge is 2.61. The van der Waals surface area contributed by atoms with Gasteiger partial charge in [0.15, 0.2) is 15.4 Å². The van der Waals surface area contributed by atoms with Gasteiger partial charge in [-0.15, -0.1) is 0 Å². The summed E-state index contributed by atoms with van der Waals surface area (Å²) in [7, 11) is -3.90. The topological polar surface area (TPSA) is 104 Å². The Morgan fingerprint density at radius 3 is 2.36 bits per heavy atom. The Bertz CT molecular complexity index is 1340. The van der Waals surface area contributed by atoms with Crippen molar-refractivity contribution < 1.29 is 36.0 Å². The average molecular weight is 522 g/mol. The van der Waals surface area contributed by atoms with Crippen molar-refractivity contribution in [2.24, 2.45) is 5.92 Å². The van der Waals surface area contributed by atoms with Crippen molar-refractivity contribution in [2.75, 3.05) is 12.3 Å². The minimum atomic E-state index is -4.71. The molecule has 3 aliphatic rings. The smallest absolute Gasteiger partial charge is 0.324 e. The fraction of sp³-hybridized carbons (Fsp3) is 0.375. The van der Waals surface area contributed by atoms with Gasteiger partial charge < -0.3 is 10.2 Å². The number of imide groups is 1. The zero-order valence-electron chi connectivity index (χ0n) is 18.9. The second-order valence-electron chi connectivity index (χ2n) is 9.31. The van der Waals surface area contributed by atoms with Gasteiger partial charge in [-0.2, -0.15) is 13.2 Å². The molecule has 1 aliphatic carbocycles. The molecular weight excluding hydrogens is 499 g/mol. The van der Waals surface area contributed by atoms with Crippen molar-refractivity contribution >= 4 is 27.7 Å². The fourth-order valence-corrected chi connectivity index (χ4v) is 6.98. The Morgan fingerprint density at radius 2 is 1.72 bits per heavy atom. The second kappa shape index (κ2) is 8.32. The number of carbonyl (C=O) groups is 3. The van der Waals surface area contributed by atoms with Gasteiger partial charge in [0.05, 0.1) is 10.6 Å². The van der Waals surface area contributed by atoms with Crippen LogP contribution in [0.15, 0.2) is 59.5 Å². The van der Waals surface area contributed by atoms with Gasteiger partial charge in [0, 0.05) is 12.1 Å². The Hall–Kier alpha value is -3.41. The molecular formula is C24H22F3N3O5S. The SMILES string of the molecule is O=C1NC2(CS(=O)(=O)c3ccccc32)C(=O)N1CC(=O)N(Cc1ccccc1)[C@H](C1CC1)C(F)(F)F. The minimum absolute atomic E-state index is 0.0746. The summed E-state index contributed by atoms with van der Waals surface area (Å²) in [6.45, 7) is -1.30. The van der Waals surface area contributed by atoms with Crippen LogP contribution in [0.5, 0.6) is 0 Å². The van der Waals surface area contributed by atoms with Crippen molar-refractivity contribution in [2.45, 2.75) is 42.0 Å². The number of nitrogens with one attached hydrogen (secondary N) is 1. The number of fused-ring (bicyclic) bond motifs is 2. The quantitative estimate of drug-likeness (QED) is 0.589. The molecule has 1 saturated carbocycles. The van der Waals surface area contributed by atoms with Gasteiger partial charge in [0.25, 0.3) is 5.91 Å². The standard InChI is InChI=1S/C24H22F3N3O5S/c25-24(26,27)20(16-10-11-16)29(12-15-6-2-1-3-7-15)19(31)13-30-21(32)23(28-22(30)33)14-36(34,35)18-9-5-4-8-17(18)23/h1-9,16,20H,10-14H2,(H,28,33)/t20-,23?/m1/s1. The van der Waals surface area contributed by atoms with Crippen LogP contribution in [0.2, 0.25) is 0 Å². The van der Waals surface area contributed by atoms with E-state index in [-0.39, 0.29) is 17.0 Å². The van der Waals surface area contributed by atoms with Crippen molar-refractivity contribution in [3.63, 3.8) is 0 Å². The van der Waals surface area contributed by atoms with Crippen molar-refractivity contribution in [1.82, 2.24) is 15.1 Å². The van der Waals surface area contributed by atoms with Gasteiger partial charge in [0.1, 0.15) is 12.6 Å². The fourth-order valence-electron chi connectivity index (χ4n) is 5.04. The average Bonchev–Trinajstić information content (AvgIpc) is 3.58. The van der Waals surface area contributed by atoms with E-state index in [1.54, 1.807) is 30.3 Å². The van der Waals surface area contributed by atoms with E-state index < -0.39 is 63.7 Å². The molecule has 5 rings (SSSR count). The number of amides is 4. The molecule has 1 spiro atoms. The molecule has 1 saturated heterocycles. The maximum absolute atomic E-state index is 14.1. The molecule has 2 atom stereocenters. The van der Waals surface area contributed by atoms with E-state index in [9.17, 15) is 36.0 Å². The van der Waals surface area contributed by atoms with Crippen molar-refractivity contribution in [3.05, 3.63) is 65.7 Å². The molecule has 0 bridgehead atoms. The summed E-state index contributed by atoms with van der Waals surface area (Å²) in [5.74, 6) is -3.53. The molecule has 4 amide bonds. The summed E-state index contributed by atoms with van der Waals surface area (Å²) >= 11 is 0. The molecule has 2 aliphatic heterocycles. The zero-order chi connectivity index (χ0) is 25.9. The summed E-state index contributed by atoms with van der Waals surface area (Å²) in [6.07, 6.45) is -4.09. The number of nitrogens with zero attached hydrogens (tertiary/aromatic N) is 2. The number of sulfone groups is 1. The summed E-state index contributed by atoms with van der Waals surface area (Å²) in [6, 6.07) is 10.8. The summed E-state index contributed by atoms with van der Waals surface area (Å²) < 4.78 is 67.5. The number of halogens is 3. The lowest BCUT2D eigenvalue weighted by Gasteiger charge is -2.34. The van der Waals surface area contributed by atoms with Crippen LogP contribution >= 0.6 is 0 Å². The predicted molar refractivity (Wildman–Crippen MR) is 120 cm³/mol. The van der Waals surface area contributed by atoms with Crippen molar-refractivity contribution in [1.29, 1.82) is 0 Å². The van der Waals surface area contributed by atoms with Crippen LogP contribution in [0.1, 0.15) is 24.0 Å². The number of carbonyl (C=O) groups excluding carboxylic acids is 3. The molecule has 2 aromatic carbocycles. The van der Waals surface area contributed by atoms with Gasteiger partial charge in [0.2, 0.25) is 5.91 Å². The third-order valence-electron chi connectivity index (χ3n) is 6.81. The van der Waals surface area contributed by atoms with Gasteiger partial charge in [-0.25, -0.2) is 13.2 Å². The maximum Gasteiger partial charge on any atom is 0.409 e. The third kappa shape index (κ3) is 4.02. The predicted octanol–water partition coefficient (Wildman–Crippen LogP) is 2.59. The Balaban J connectivity index is 1.46. The number of hydrogen-bond acceptors (Lipinski definition) is 5. The van der Waals surface area contributed by atoms with Crippen molar-refractivity contribution in [3.8, 4) is 0 Å². The number of benzene rings is 2. The highest BCUT2D eigenvalue weighted by molar-refractivity contribution is 7.91. The molecule has 1 N–H and O–H groups in total. The normalized spacial score (nSPS) is 23.5. The summed E-state index contributed by atoms with van der Waals surface area (Å²) in [5.41, 5.74) is -1.38. The van der Waals surface area contributed by atoms with Gasteiger partial charge in [-0.05, 0) is 30.4 Å². The maximum atomic E-state index is 14.1. The van der Waals surface area contributed by atoms with Crippen LogP contribution in [-0.4, -0.2) is 60.6 Å². The monoisotopic (exact) mass is 521 g/mol. The molecule has 2 fully saturated rings. The van der Waals surface area contributed by atoms with Gasteiger partial charge >= 0.3 is 12.2 Å². The molecule has 2 aromatic rings. The minimum Gasteiger partial charge on any atom is -0.324 e. The number of rotatable bonds is 6. The summed E-state index contributed by atoms with van der Waals surface area (Å²) in [4.78, 5) is 40.6. The highest BCUT2D eigenvalue weighted by atomic mass is 32.2. The molecule has 0 radical (unpaired) electrons. The number of hydrogen-bond donors (Lipinski definition) is 1. The van der Waals surface area contributed by atoms with E-state index in [2.05, 4.69) is 5.32 Å². The van der Waals surface area contributed by atoms with E-state index in [4.69, 9.17) is 0 Å². The number of alkyl halides is 3. The molecule has 1 unspecified atom stereocenters. The Kier molecular flexibility index (Phi) is 5.62. The first-order chi connectivity index (χ1) is 16.9. The number of urea groups is 1. The Morgan fingerprint density at radius 1 is 1.08 bits per heavy atom. The first-order valence-corrected chi connectivity index (χ1v) is 13.0. The molecule has 36 heavy (non-hydrogen) atoms. The molecule has 8 nitrogen and oxygen atoms in total. The highest BCUT2D eigenvalue weighted by Crippen LogP contribution is 2.44. The molecule has 2 heterocycles. The first kappa shape index (κ1) is 24.3. The van der Waals surface area contributed by atoms with Crippen LogP contribution in [-0.2, 0) is 31.5 Å². The van der Waals surface area contributed by atoms with E-state index in [0.29, 0.717) is 28.2 Å². The third-order valence-corrected chi connectivity index (χ3v) is 8.65. The van der Waals surface area contributed by atoms with Crippen LogP contribution in [0.3, 0.4) is 0 Å². The second-order valence-corrected chi connectivity index (χ2v) is 11.3. The van der Waals surface area contributed by atoms with Gasteiger partial charge in [-0.1, -0.05) is 48.5 Å². The van der Waals surface area contributed by atoms with E-state index in [1.165, 1.54) is 24.3 Å². The lowest BCUT2D eigenvalue weighted by molar-refractivity contribution is -0.196. The van der Waals surface area contributed by atoms with Crippen LogP contribution < -0.4 is 5.32 Å². The first-order valence-electron chi connectivity index (χ1n) is 11.3. The van der Waals surface area contributed by atoms with E-state index >= 15 is 0 Å². The summed E-state index contributed by atoms with van der Waals surface area (Å²) in [5, 5.41) is 2.39. The lowest BCUT2D eigenvalue weighted by atomic mass is 9.92. The molecule has 190 valence electrons. The largest absolute Gasteiger partial charge is 0.409 e. The zero-order valence-corrected chi connectivity index (χ0v) is 19.7. The van der Waals surface area contributed by atoms with E-state index in [1.807, 2.05) is 0 Å². The lowest BCUT2D eigenvalue weighted by Crippen LogP contribution is -2.53. The van der Waals surface area contributed by atoms with Crippen LogP contribution in [0.4, 0.5) is 18.0 Å². The van der Waals surface area contributed by atoms with Crippen LogP contribution in [0.25, 0.3) is 0 Å². The Labute approximate surface area is 205 Å². The van der Waals surface area contributed by atoms with Crippen LogP contribution in [0, 0.1) is 5.92 Å². The van der Waals surface area contributed by atoms with E-state index in [0.717, 1.165) is 0 Å². The molecule has 12 heteroatoms.